The van der Waals surface area contributed by atoms with Crippen molar-refractivity contribution < 1.29 is 14.1 Å². The second kappa shape index (κ2) is 7.19. The van der Waals surface area contributed by atoms with Gasteiger partial charge in [-0.25, -0.2) is 0 Å². The molecule has 4 rings (SSSR count). The number of ether oxygens (including phenoxy) is 2. The lowest BCUT2D eigenvalue weighted by Crippen LogP contribution is -2.53. The zero-order valence-electron chi connectivity index (χ0n) is 15.1. The highest BCUT2D eigenvalue weighted by molar-refractivity contribution is 6.00. The number of benzene rings is 2. The largest absolute Gasteiger partial charge is 0.489 e. The third-order valence-corrected chi connectivity index (χ3v) is 4.38. The number of quaternary nitrogens is 1. The van der Waals surface area contributed by atoms with Crippen LogP contribution in [0.1, 0.15) is 18.1 Å². The molecule has 2 aromatic carbocycles. The van der Waals surface area contributed by atoms with Crippen LogP contribution in [-0.4, -0.2) is 23.2 Å². The van der Waals surface area contributed by atoms with Gasteiger partial charge in [-0.2, -0.15) is 10.8 Å². The van der Waals surface area contributed by atoms with Crippen LogP contribution in [0.25, 0.3) is 0 Å². The smallest absolute Gasteiger partial charge is 0.286 e. The van der Waals surface area contributed by atoms with Gasteiger partial charge in [-0.3, -0.25) is 4.99 Å². The number of hydrogen-bond donors (Lipinski definition) is 1. The molecule has 0 bridgehead atoms. The summed E-state index contributed by atoms with van der Waals surface area (Å²) in [6.07, 6.45) is 5.15. The zero-order valence-corrected chi connectivity index (χ0v) is 15.1. The molecule has 0 spiro atoms. The van der Waals surface area contributed by atoms with Crippen LogP contribution in [0.3, 0.4) is 0 Å². The summed E-state index contributed by atoms with van der Waals surface area (Å²) in [5.41, 5.74) is 2.70. The first-order valence-electron chi connectivity index (χ1n) is 8.83. The standard InChI is InChI=1S/C21H21N4O2/c1-2-26-21-19-14-23-11-12-25(19,22)20(24-21)17-9-6-10-18(13-17)27-15-16-7-4-3-5-8-16/h3-14H,2,15,22H2,1H3/q+1. The molecule has 0 aromatic heterocycles. The molecule has 1 atom stereocenters. The number of rotatable bonds is 6. The van der Waals surface area contributed by atoms with Gasteiger partial charge in [-0.15, -0.1) is 4.59 Å². The average Bonchev–Trinajstić information content (AvgIpc) is 3.00. The Balaban J connectivity index is 1.61. The van der Waals surface area contributed by atoms with E-state index in [1.807, 2.05) is 61.5 Å². The van der Waals surface area contributed by atoms with Gasteiger partial charge in [0.05, 0.1) is 24.6 Å². The van der Waals surface area contributed by atoms with Crippen molar-refractivity contribution in [2.24, 2.45) is 15.8 Å². The van der Waals surface area contributed by atoms with E-state index in [1.165, 1.54) is 0 Å². The second-order valence-electron chi connectivity index (χ2n) is 6.21. The van der Waals surface area contributed by atoms with Gasteiger partial charge in [-0.1, -0.05) is 36.4 Å². The Labute approximate surface area is 158 Å². The molecule has 0 amide bonds. The molecule has 0 aliphatic carbocycles. The van der Waals surface area contributed by atoms with Gasteiger partial charge in [0.2, 0.25) is 5.70 Å². The van der Waals surface area contributed by atoms with E-state index in [2.05, 4.69) is 9.98 Å². The monoisotopic (exact) mass is 361 g/mol. The van der Waals surface area contributed by atoms with Crippen molar-refractivity contribution >= 4 is 12.1 Å². The molecule has 2 heterocycles. The number of amidine groups is 1. The third kappa shape index (κ3) is 3.28. The first-order chi connectivity index (χ1) is 13.2. The quantitative estimate of drug-likeness (QED) is 0.633. The molecule has 6 heteroatoms. The van der Waals surface area contributed by atoms with Gasteiger partial charge in [0.25, 0.3) is 11.7 Å². The molecule has 27 heavy (non-hydrogen) atoms. The van der Waals surface area contributed by atoms with E-state index < -0.39 is 0 Å². The Morgan fingerprint density at radius 2 is 1.89 bits per heavy atom. The summed E-state index contributed by atoms with van der Waals surface area (Å²) in [4.78, 5) is 8.82. The Kier molecular flexibility index (Phi) is 4.58. The SMILES string of the molecule is CCOC1=C2C=NC=C[N+]2(N)C(c2cccc(OCc3ccccc3)c2)=N1. The van der Waals surface area contributed by atoms with E-state index in [4.69, 9.17) is 15.3 Å². The van der Waals surface area contributed by atoms with Crippen molar-refractivity contribution in [3.05, 3.63) is 89.7 Å². The minimum absolute atomic E-state index is 0.0685. The van der Waals surface area contributed by atoms with E-state index in [0.29, 0.717) is 30.6 Å². The highest BCUT2D eigenvalue weighted by atomic mass is 16.5. The Bertz CT molecular complexity index is 963. The van der Waals surface area contributed by atoms with E-state index >= 15 is 0 Å². The van der Waals surface area contributed by atoms with Crippen molar-refractivity contribution in [2.45, 2.75) is 13.5 Å². The summed E-state index contributed by atoms with van der Waals surface area (Å²) in [5.74, 6) is 8.55. The molecule has 2 aromatic rings. The van der Waals surface area contributed by atoms with Crippen LogP contribution in [0.15, 0.2) is 88.6 Å². The Morgan fingerprint density at radius 3 is 2.70 bits per heavy atom. The number of allylic oxidation sites excluding steroid dienone is 1. The molecule has 0 saturated carbocycles. The predicted octanol–water partition coefficient (Wildman–Crippen LogP) is 3.48. The lowest BCUT2D eigenvalue weighted by Gasteiger charge is -2.25. The highest BCUT2D eigenvalue weighted by Gasteiger charge is 2.45. The molecule has 0 saturated heterocycles. The maximum atomic E-state index is 6.63. The summed E-state index contributed by atoms with van der Waals surface area (Å²) >= 11 is 0. The summed E-state index contributed by atoms with van der Waals surface area (Å²) in [6, 6.07) is 17.8. The lowest BCUT2D eigenvalue weighted by atomic mass is 10.1. The van der Waals surface area contributed by atoms with Gasteiger partial charge < -0.3 is 9.47 Å². The fraction of sp³-hybridized carbons (Fsp3) is 0.143. The van der Waals surface area contributed by atoms with E-state index in [9.17, 15) is 0 Å². The fourth-order valence-corrected chi connectivity index (χ4v) is 3.05. The van der Waals surface area contributed by atoms with Gasteiger partial charge >= 0.3 is 0 Å². The third-order valence-electron chi connectivity index (χ3n) is 4.38. The highest BCUT2D eigenvalue weighted by Crippen LogP contribution is 2.32. The number of aliphatic imine (C=N–C) groups is 2. The molecule has 136 valence electrons. The molecule has 2 aliphatic heterocycles. The number of hydrogen-bond acceptors (Lipinski definition) is 5. The van der Waals surface area contributed by atoms with Crippen LogP contribution in [0.4, 0.5) is 0 Å². The van der Waals surface area contributed by atoms with Crippen LogP contribution < -0.4 is 10.6 Å². The summed E-state index contributed by atoms with van der Waals surface area (Å²) < 4.78 is 11.5. The number of fused-ring (bicyclic) bond motifs is 1. The molecule has 1 unspecified atom stereocenters. The number of nitrogens with zero attached hydrogens (tertiary/aromatic N) is 3. The second-order valence-corrected chi connectivity index (χ2v) is 6.21. The van der Waals surface area contributed by atoms with Gasteiger partial charge in [0.1, 0.15) is 18.6 Å². The Morgan fingerprint density at radius 1 is 1.04 bits per heavy atom. The average molecular weight is 361 g/mol. The minimum Gasteiger partial charge on any atom is -0.489 e. The molecule has 0 fully saturated rings. The van der Waals surface area contributed by atoms with E-state index in [-0.39, 0.29) is 4.59 Å². The van der Waals surface area contributed by atoms with Crippen LogP contribution in [0.2, 0.25) is 0 Å². The normalized spacial score (nSPS) is 20.4. The van der Waals surface area contributed by atoms with Crippen molar-refractivity contribution in [1.82, 2.24) is 0 Å². The predicted molar refractivity (Wildman–Crippen MR) is 104 cm³/mol. The van der Waals surface area contributed by atoms with Crippen molar-refractivity contribution in [2.75, 3.05) is 6.61 Å². The maximum absolute atomic E-state index is 6.63. The molecular weight excluding hydrogens is 340 g/mol. The van der Waals surface area contributed by atoms with Gasteiger partial charge in [-0.05, 0) is 30.7 Å². The first-order valence-corrected chi connectivity index (χ1v) is 8.83. The van der Waals surface area contributed by atoms with E-state index in [1.54, 1.807) is 18.6 Å². The number of nitrogens with two attached hydrogens (primary N) is 1. The molecule has 0 radical (unpaired) electrons. The van der Waals surface area contributed by atoms with Crippen molar-refractivity contribution in [1.29, 1.82) is 0 Å². The van der Waals surface area contributed by atoms with Crippen LogP contribution in [-0.2, 0) is 11.3 Å². The van der Waals surface area contributed by atoms with Crippen LogP contribution in [0, 0.1) is 0 Å². The topological polar surface area (TPSA) is 69.2 Å². The molecule has 2 N–H and O–H groups in total. The lowest BCUT2D eigenvalue weighted by molar-refractivity contribution is -0.751. The molecular formula is C21H21N4O2+. The van der Waals surface area contributed by atoms with Crippen LogP contribution in [0.5, 0.6) is 5.75 Å². The van der Waals surface area contributed by atoms with Crippen molar-refractivity contribution in [3.8, 4) is 5.75 Å². The summed E-state index contributed by atoms with van der Waals surface area (Å²) in [5, 5.41) is 0. The first kappa shape index (κ1) is 17.2. The maximum Gasteiger partial charge on any atom is 0.286 e. The fourth-order valence-electron chi connectivity index (χ4n) is 3.05. The summed E-state index contributed by atoms with van der Waals surface area (Å²) in [6.45, 7) is 2.92. The van der Waals surface area contributed by atoms with Gasteiger partial charge in [0, 0.05) is 0 Å². The Hall–Kier alpha value is -3.22. The molecule has 6 nitrogen and oxygen atoms in total. The van der Waals surface area contributed by atoms with Crippen LogP contribution >= 0.6 is 0 Å². The summed E-state index contributed by atoms with van der Waals surface area (Å²) in [7, 11) is 0. The van der Waals surface area contributed by atoms with E-state index in [0.717, 1.165) is 16.9 Å². The van der Waals surface area contributed by atoms with Gasteiger partial charge in [0.15, 0.2) is 0 Å². The minimum atomic E-state index is -0.0685. The van der Waals surface area contributed by atoms with Crippen molar-refractivity contribution in [3.63, 3.8) is 0 Å². The molecule has 2 aliphatic rings. The zero-order chi connectivity index (χ0) is 18.7.